The van der Waals surface area contributed by atoms with Crippen LogP contribution in [0.5, 0.6) is 0 Å². The smallest absolute Gasteiger partial charge is 0.455 e. The molecular weight excluding hydrogens is 364 g/mol. The van der Waals surface area contributed by atoms with Gasteiger partial charge in [0.2, 0.25) is 0 Å². The highest BCUT2D eigenvalue weighted by molar-refractivity contribution is 6.91. The third kappa shape index (κ3) is 11.7. The van der Waals surface area contributed by atoms with Gasteiger partial charge in [0.15, 0.2) is 16.6 Å². The molecule has 4 nitrogen and oxygen atoms in total. The Hall–Kier alpha value is 0.491. The first kappa shape index (κ1) is 25.5. The van der Waals surface area contributed by atoms with Crippen LogP contribution >= 0.6 is 0 Å². The van der Waals surface area contributed by atoms with Crippen LogP contribution in [0.15, 0.2) is 0 Å². The van der Waals surface area contributed by atoms with Crippen LogP contribution < -0.4 is 0 Å². The fourth-order valence-corrected chi connectivity index (χ4v) is 18.3. The summed E-state index contributed by atoms with van der Waals surface area (Å²) in [6.07, 6.45) is 11.0. The lowest BCUT2D eigenvalue weighted by Gasteiger charge is -2.37. The van der Waals surface area contributed by atoms with Gasteiger partial charge in [-0.15, -0.1) is 0 Å². The summed E-state index contributed by atoms with van der Waals surface area (Å²) in [5.74, 6) is 0. The molecule has 0 N–H and O–H groups in total. The number of hydrogen-bond acceptors (Lipinski definition) is 4. The van der Waals surface area contributed by atoms with Crippen molar-refractivity contribution in [1.29, 1.82) is 0 Å². The van der Waals surface area contributed by atoms with E-state index in [2.05, 4.69) is 33.1 Å². The molecule has 0 amide bonds. The molecule has 0 bridgehead atoms. The largest absolute Gasteiger partial charge is 0.499 e. The van der Waals surface area contributed by atoms with Crippen LogP contribution in [0.25, 0.3) is 0 Å². The SMILES string of the molecule is CCCCCCCCCC[Si](C)(C)O[Si](C)(C)C[Si](OC)(OC)OC. The van der Waals surface area contributed by atoms with Crippen LogP contribution in [-0.4, -0.2) is 46.8 Å². The molecule has 0 rings (SSSR count). The fraction of sp³-hybridized carbons (Fsp3) is 1.00. The summed E-state index contributed by atoms with van der Waals surface area (Å²) >= 11 is 0. The maximum absolute atomic E-state index is 6.72. The van der Waals surface area contributed by atoms with Crippen LogP contribution in [-0.2, 0) is 17.4 Å². The van der Waals surface area contributed by atoms with Gasteiger partial charge in [-0.3, -0.25) is 0 Å². The van der Waals surface area contributed by atoms with Gasteiger partial charge in [0.1, 0.15) is 0 Å². The second kappa shape index (κ2) is 12.8. The van der Waals surface area contributed by atoms with Crippen molar-refractivity contribution < 1.29 is 17.4 Å². The van der Waals surface area contributed by atoms with E-state index >= 15 is 0 Å². The molecule has 0 saturated heterocycles. The van der Waals surface area contributed by atoms with Crippen molar-refractivity contribution >= 4 is 25.4 Å². The summed E-state index contributed by atoms with van der Waals surface area (Å²) in [5, 5.41) is 0. The van der Waals surface area contributed by atoms with E-state index in [1.54, 1.807) is 21.3 Å². The van der Waals surface area contributed by atoms with Crippen LogP contribution in [0.3, 0.4) is 0 Å². The lowest BCUT2D eigenvalue weighted by molar-refractivity contribution is 0.127. The van der Waals surface area contributed by atoms with Crippen molar-refractivity contribution in [2.75, 3.05) is 21.3 Å². The Bertz CT molecular complexity index is 326. The monoisotopic (exact) mass is 408 g/mol. The topological polar surface area (TPSA) is 36.9 Å². The van der Waals surface area contributed by atoms with Crippen molar-refractivity contribution in [3.63, 3.8) is 0 Å². The minimum atomic E-state index is -2.55. The van der Waals surface area contributed by atoms with Crippen molar-refractivity contribution in [3.05, 3.63) is 0 Å². The molecule has 0 atom stereocenters. The maximum atomic E-state index is 6.72. The van der Waals surface area contributed by atoms with E-state index in [-0.39, 0.29) is 0 Å². The molecule has 0 aliphatic rings. The molecule has 152 valence electrons. The summed E-state index contributed by atoms with van der Waals surface area (Å²) in [7, 11) is -1.01. The Kier molecular flexibility index (Phi) is 13.1. The van der Waals surface area contributed by atoms with E-state index in [1.807, 2.05) is 0 Å². The van der Waals surface area contributed by atoms with E-state index in [0.29, 0.717) is 0 Å². The van der Waals surface area contributed by atoms with Gasteiger partial charge < -0.3 is 17.4 Å². The van der Waals surface area contributed by atoms with E-state index in [9.17, 15) is 0 Å². The lowest BCUT2D eigenvalue weighted by Crippen LogP contribution is -2.54. The molecule has 0 aromatic carbocycles. The molecule has 0 aliphatic carbocycles. The molecule has 25 heavy (non-hydrogen) atoms. The van der Waals surface area contributed by atoms with Gasteiger partial charge >= 0.3 is 8.80 Å². The first-order valence-corrected chi connectivity index (χ1v) is 18.2. The third-order valence-electron chi connectivity index (χ3n) is 4.76. The zero-order valence-electron chi connectivity index (χ0n) is 18.2. The normalized spacial score (nSPS) is 13.4. The van der Waals surface area contributed by atoms with Crippen LogP contribution in [0.2, 0.25) is 37.9 Å². The second-order valence-corrected chi connectivity index (χ2v) is 20.7. The Labute approximate surface area is 160 Å². The van der Waals surface area contributed by atoms with Crippen molar-refractivity contribution in [2.45, 2.75) is 96.2 Å². The average molecular weight is 409 g/mol. The van der Waals surface area contributed by atoms with Gasteiger partial charge in [-0.1, -0.05) is 58.3 Å². The number of hydrogen-bond donors (Lipinski definition) is 0. The van der Waals surface area contributed by atoms with Gasteiger partial charge in [-0.2, -0.15) is 0 Å². The Morgan fingerprint density at radius 3 is 1.48 bits per heavy atom. The summed E-state index contributed by atoms with van der Waals surface area (Å²) in [5.41, 5.74) is 0.817. The molecule has 0 radical (unpaired) electrons. The highest BCUT2D eigenvalue weighted by Crippen LogP contribution is 2.28. The van der Waals surface area contributed by atoms with E-state index in [1.165, 1.54) is 57.4 Å². The molecule has 0 aromatic heterocycles. The Balaban J connectivity index is 4.22. The van der Waals surface area contributed by atoms with Crippen molar-refractivity contribution in [3.8, 4) is 0 Å². The lowest BCUT2D eigenvalue weighted by atomic mass is 10.1. The summed E-state index contributed by atoms with van der Waals surface area (Å²) in [6.45, 7) is 11.5. The van der Waals surface area contributed by atoms with Gasteiger partial charge in [0.25, 0.3) is 0 Å². The quantitative estimate of drug-likeness (QED) is 0.233. The standard InChI is InChI=1S/C18H44O4Si3/c1-9-10-11-12-13-14-15-16-17-23(5,6)22-24(7,8)18-25(19-2,20-3)21-4/h9-18H2,1-8H3. The summed E-state index contributed by atoms with van der Waals surface area (Å²) in [6, 6.07) is 1.25. The van der Waals surface area contributed by atoms with Gasteiger partial charge in [-0.05, 0) is 32.2 Å². The van der Waals surface area contributed by atoms with Gasteiger partial charge in [0, 0.05) is 27.0 Å². The third-order valence-corrected chi connectivity index (χ3v) is 17.7. The van der Waals surface area contributed by atoms with E-state index in [0.717, 1.165) is 5.67 Å². The van der Waals surface area contributed by atoms with E-state index < -0.39 is 25.4 Å². The molecule has 0 unspecified atom stereocenters. The molecule has 0 saturated carbocycles. The molecule has 0 aliphatic heterocycles. The average Bonchev–Trinajstić information content (AvgIpc) is 2.54. The summed E-state index contributed by atoms with van der Waals surface area (Å²) < 4.78 is 23.5. The second-order valence-electron chi connectivity index (χ2n) is 8.32. The maximum Gasteiger partial charge on any atom is 0.499 e. The molecule has 0 spiro atoms. The molecule has 0 fully saturated rings. The van der Waals surface area contributed by atoms with Gasteiger partial charge in [0.05, 0.1) is 0 Å². The van der Waals surface area contributed by atoms with Crippen LogP contribution in [0, 0.1) is 0 Å². The van der Waals surface area contributed by atoms with E-state index in [4.69, 9.17) is 17.4 Å². The van der Waals surface area contributed by atoms with Crippen molar-refractivity contribution in [1.82, 2.24) is 0 Å². The highest BCUT2D eigenvalue weighted by Gasteiger charge is 2.47. The van der Waals surface area contributed by atoms with Crippen LogP contribution in [0.4, 0.5) is 0 Å². The Morgan fingerprint density at radius 2 is 1.04 bits per heavy atom. The molecular formula is C18H44O4Si3. The zero-order valence-corrected chi connectivity index (χ0v) is 21.2. The first-order valence-electron chi connectivity index (χ1n) is 10.0. The minimum Gasteiger partial charge on any atom is -0.455 e. The number of unbranched alkanes of at least 4 members (excludes halogenated alkanes) is 7. The fourth-order valence-electron chi connectivity index (χ4n) is 3.51. The first-order chi connectivity index (χ1) is 11.7. The number of rotatable bonds is 16. The highest BCUT2D eigenvalue weighted by atomic mass is 28.5. The Morgan fingerprint density at radius 1 is 0.600 bits per heavy atom. The predicted octanol–water partition coefficient (Wildman–Crippen LogP) is 5.97. The zero-order chi connectivity index (χ0) is 19.4. The molecule has 0 aromatic rings. The van der Waals surface area contributed by atoms with Crippen molar-refractivity contribution in [2.24, 2.45) is 0 Å². The van der Waals surface area contributed by atoms with Gasteiger partial charge in [-0.25, -0.2) is 0 Å². The molecule has 0 heterocycles. The minimum absolute atomic E-state index is 0.817. The van der Waals surface area contributed by atoms with Crippen LogP contribution in [0.1, 0.15) is 58.3 Å². The predicted molar refractivity (Wildman–Crippen MR) is 115 cm³/mol. The molecule has 7 heteroatoms. The summed E-state index contributed by atoms with van der Waals surface area (Å²) in [4.78, 5) is 0.